The molecular formula is C22H24N4O4S. The number of rotatable bonds is 7. The number of anilines is 1. The molecule has 2 amide bonds. The Bertz CT molecular complexity index is 1160. The second-order valence-corrected chi connectivity index (χ2v) is 7.92. The van der Waals surface area contributed by atoms with Crippen molar-refractivity contribution in [2.45, 2.75) is 19.4 Å². The summed E-state index contributed by atoms with van der Waals surface area (Å²) in [4.78, 5) is 36.6. The van der Waals surface area contributed by atoms with E-state index in [0.29, 0.717) is 34.3 Å². The summed E-state index contributed by atoms with van der Waals surface area (Å²) >= 11 is 1.58. The number of H-pyrrole nitrogens is 1. The molecule has 1 aromatic heterocycles. The van der Waals surface area contributed by atoms with E-state index in [1.54, 1.807) is 30.0 Å². The Morgan fingerprint density at radius 2 is 1.94 bits per heavy atom. The van der Waals surface area contributed by atoms with Gasteiger partial charge in [-0.05, 0) is 43.0 Å². The van der Waals surface area contributed by atoms with Gasteiger partial charge in [0.25, 0.3) is 5.56 Å². The number of hydrogen-bond donors (Lipinski definition) is 3. The largest absolute Gasteiger partial charge is 0.467 e. The average Bonchev–Trinajstić information content (AvgIpc) is 2.78. The van der Waals surface area contributed by atoms with Crippen LogP contribution in [0.3, 0.4) is 0 Å². The van der Waals surface area contributed by atoms with Gasteiger partial charge >= 0.3 is 12.0 Å². The number of nitrogens with zero attached hydrogens (tertiary/aromatic N) is 1. The fraction of sp³-hybridized carbons (Fsp3) is 0.273. The van der Waals surface area contributed by atoms with Crippen LogP contribution in [0, 0.1) is 6.92 Å². The van der Waals surface area contributed by atoms with Crippen LogP contribution in [-0.4, -0.2) is 47.4 Å². The van der Waals surface area contributed by atoms with Gasteiger partial charge in [-0.15, -0.1) is 0 Å². The highest BCUT2D eigenvalue weighted by Crippen LogP contribution is 2.28. The van der Waals surface area contributed by atoms with Gasteiger partial charge in [0.1, 0.15) is 6.04 Å². The molecule has 0 aliphatic carbocycles. The first-order chi connectivity index (χ1) is 14.9. The van der Waals surface area contributed by atoms with Crippen molar-refractivity contribution in [1.29, 1.82) is 0 Å². The molecular weight excluding hydrogens is 416 g/mol. The van der Waals surface area contributed by atoms with Gasteiger partial charge in [0, 0.05) is 16.6 Å². The predicted octanol–water partition coefficient (Wildman–Crippen LogP) is 3.31. The minimum Gasteiger partial charge on any atom is -0.467 e. The van der Waals surface area contributed by atoms with Crippen LogP contribution in [-0.2, 0) is 9.53 Å². The molecule has 3 aromatic rings. The second kappa shape index (κ2) is 10.1. The molecule has 1 heterocycles. The van der Waals surface area contributed by atoms with Crippen LogP contribution >= 0.6 is 11.8 Å². The van der Waals surface area contributed by atoms with Crippen LogP contribution in [0.4, 0.5) is 10.5 Å². The van der Waals surface area contributed by atoms with Gasteiger partial charge < -0.3 is 15.4 Å². The van der Waals surface area contributed by atoms with Crippen molar-refractivity contribution in [3.63, 3.8) is 0 Å². The van der Waals surface area contributed by atoms with Crippen LogP contribution in [0.25, 0.3) is 22.0 Å². The molecule has 0 bridgehead atoms. The van der Waals surface area contributed by atoms with Crippen LogP contribution in [0.15, 0.2) is 47.3 Å². The molecule has 1 atom stereocenters. The molecule has 0 fully saturated rings. The van der Waals surface area contributed by atoms with Crippen molar-refractivity contribution >= 4 is 40.2 Å². The lowest BCUT2D eigenvalue weighted by Crippen LogP contribution is -2.44. The number of carbonyl (C=O) groups excluding carboxylic acids is 2. The van der Waals surface area contributed by atoms with E-state index in [-0.39, 0.29) is 5.56 Å². The molecule has 0 saturated heterocycles. The first-order valence-corrected chi connectivity index (χ1v) is 11.1. The minimum atomic E-state index is -0.731. The number of benzene rings is 2. The Morgan fingerprint density at radius 3 is 2.65 bits per heavy atom. The van der Waals surface area contributed by atoms with E-state index < -0.39 is 18.0 Å². The number of aromatic nitrogens is 2. The van der Waals surface area contributed by atoms with E-state index in [2.05, 4.69) is 20.8 Å². The number of fused-ring (bicyclic) bond motifs is 1. The average molecular weight is 441 g/mol. The zero-order valence-electron chi connectivity index (χ0n) is 17.5. The van der Waals surface area contributed by atoms with E-state index in [4.69, 9.17) is 4.74 Å². The molecule has 0 radical (unpaired) electrons. The Labute approximate surface area is 183 Å². The number of aromatic amines is 1. The van der Waals surface area contributed by atoms with Crippen LogP contribution < -0.4 is 16.2 Å². The maximum atomic E-state index is 12.6. The first kappa shape index (κ1) is 22.4. The minimum absolute atomic E-state index is 0.261. The Hall–Kier alpha value is -3.33. The lowest BCUT2D eigenvalue weighted by atomic mass is 10.0. The van der Waals surface area contributed by atoms with Gasteiger partial charge in [-0.3, -0.25) is 4.79 Å². The number of hydrogen-bond acceptors (Lipinski definition) is 6. The molecule has 3 N–H and O–H groups in total. The summed E-state index contributed by atoms with van der Waals surface area (Å²) < 4.78 is 4.78. The smallest absolute Gasteiger partial charge is 0.328 e. The third-order valence-corrected chi connectivity index (χ3v) is 5.50. The normalized spacial score (nSPS) is 11.7. The highest BCUT2D eigenvalue weighted by molar-refractivity contribution is 7.98. The summed E-state index contributed by atoms with van der Waals surface area (Å²) in [7, 11) is 1.29. The standard InChI is InChI=1S/C22H24N4O4S/c1-13-8-9-14(19-15-6-4-5-7-16(15)20(27)26-25-19)12-18(13)24-22(29)23-17(10-11-31-3)21(28)30-2/h4-9,12,17H,10-11H2,1-3H3,(H,26,27)(H2,23,24,29)/t17-/m0/s1. The van der Waals surface area contributed by atoms with E-state index in [1.807, 2.05) is 37.4 Å². The van der Waals surface area contributed by atoms with Gasteiger partial charge in [-0.25, -0.2) is 14.7 Å². The number of amides is 2. The van der Waals surface area contributed by atoms with Crippen molar-refractivity contribution in [1.82, 2.24) is 15.5 Å². The summed E-state index contributed by atoms with van der Waals surface area (Å²) in [6.07, 6.45) is 2.39. The number of aryl methyl sites for hydroxylation is 1. The summed E-state index contributed by atoms with van der Waals surface area (Å²) in [6.45, 7) is 1.86. The SMILES string of the molecule is COC(=O)[C@H](CCSC)NC(=O)Nc1cc(-c2n[nH]c(=O)c3ccccc23)ccc1C. The van der Waals surface area contributed by atoms with Crippen molar-refractivity contribution in [3.05, 3.63) is 58.4 Å². The highest BCUT2D eigenvalue weighted by atomic mass is 32.2. The molecule has 31 heavy (non-hydrogen) atoms. The van der Waals surface area contributed by atoms with Gasteiger partial charge in [-0.2, -0.15) is 16.9 Å². The summed E-state index contributed by atoms with van der Waals surface area (Å²) in [5, 5.41) is 13.5. The maximum absolute atomic E-state index is 12.6. The Kier molecular flexibility index (Phi) is 7.30. The number of thioether (sulfide) groups is 1. The fourth-order valence-corrected chi connectivity index (χ4v) is 3.65. The Balaban J connectivity index is 1.87. The number of ether oxygens (including phenoxy) is 1. The van der Waals surface area contributed by atoms with Gasteiger partial charge in [0.2, 0.25) is 0 Å². The van der Waals surface area contributed by atoms with Crippen LogP contribution in [0.1, 0.15) is 12.0 Å². The van der Waals surface area contributed by atoms with Crippen molar-refractivity contribution in [2.75, 3.05) is 24.4 Å². The molecule has 2 aromatic carbocycles. The molecule has 0 aliphatic heterocycles. The van der Waals surface area contributed by atoms with Gasteiger partial charge in [0.05, 0.1) is 18.2 Å². The predicted molar refractivity (Wildman–Crippen MR) is 123 cm³/mol. The third kappa shape index (κ3) is 5.24. The maximum Gasteiger partial charge on any atom is 0.328 e. The van der Waals surface area contributed by atoms with E-state index in [1.165, 1.54) is 7.11 Å². The third-order valence-electron chi connectivity index (χ3n) is 4.86. The number of nitrogens with one attached hydrogen (secondary N) is 3. The van der Waals surface area contributed by atoms with E-state index in [9.17, 15) is 14.4 Å². The molecule has 3 rings (SSSR count). The lowest BCUT2D eigenvalue weighted by Gasteiger charge is -2.17. The van der Waals surface area contributed by atoms with Crippen molar-refractivity contribution in [2.24, 2.45) is 0 Å². The number of esters is 1. The number of carbonyl (C=O) groups is 2. The molecule has 0 saturated carbocycles. The highest BCUT2D eigenvalue weighted by Gasteiger charge is 2.21. The van der Waals surface area contributed by atoms with E-state index in [0.717, 1.165) is 11.1 Å². The van der Waals surface area contributed by atoms with Gasteiger partial charge in [0.15, 0.2) is 0 Å². The topological polar surface area (TPSA) is 113 Å². The molecule has 8 nitrogen and oxygen atoms in total. The Morgan fingerprint density at radius 1 is 1.19 bits per heavy atom. The second-order valence-electron chi connectivity index (χ2n) is 6.93. The summed E-state index contributed by atoms with van der Waals surface area (Å²) in [6, 6.07) is 11.5. The monoisotopic (exact) mass is 440 g/mol. The molecule has 0 unspecified atom stereocenters. The first-order valence-electron chi connectivity index (χ1n) is 9.67. The number of urea groups is 1. The van der Waals surface area contributed by atoms with Crippen LogP contribution in [0.2, 0.25) is 0 Å². The quantitative estimate of drug-likeness (QED) is 0.486. The van der Waals surface area contributed by atoms with Crippen LogP contribution in [0.5, 0.6) is 0 Å². The van der Waals surface area contributed by atoms with E-state index >= 15 is 0 Å². The molecule has 9 heteroatoms. The molecule has 0 aliphatic rings. The fourth-order valence-electron chi connectivity index (χ4n) is 3.18. The number of methoxy groups -OCH3 is 1. The summed E-state index contributed by atoms with van der Waals surface area (Å²) in [5.41, 5.74) is 2.49. The lowest BCUT2D eigenvalue weighted by molar-refractivity contribution is -0.142. The molecule has 162 valence electrons. The van der Waals surface area contributed by atoms with Gasteiger partial charge in [-0.1, -0.05) is 30.3 Å². The van der Waals surface area contributed by atoms with Crippen molar-refractivity contribution < 1.29 is 14.3 Å². The summed E-state index contributed by atoms with van der Waals surface area (Å²) in [5.74, 6) is 0.220. The molecule has 0 spiro atoms. The van der Waals surface area contributed by atoms with Crippen molar-refractivity contribution in [3.8, 4) is 11.3 Å². The zero-order valence-corrected chi connectivity index (χ0v) is 18.3. The zero-order chi connectivity index (χ0) is 22.4.